The number of nitrogens with one attached hydrogen (secondary N) is 2. The van der Waals surface area contributed by atoms with Crippen LogP contribution in [0.25, 0.3) is 10.9 Å². The van der Waals surface area contributed by atoms with E-state index in [1.54, 1.807) is 34.2 Å². The van der Waals surface area contributed by atoms with Gasteiger partial charge >= 0.3 is 6.18 Å². The number of piperazine rings is 1. The topological polar surface area (TPSA) is 94.6 Å². The summed E-state index contributed by atoms with van der Waals surface area (Å²) in [6, 6.07) is 16.3. The third-order valence-electron chi connectivity index (χ3n) is 8.58. The molecule has 1 aliphatic heterocycles. The Morgan fingerprint density at radius 2 is 1.62 bits per heavy atom. The Morgan fingerprint density at radius 1 is 0.936 bits per heavy atom. The Balaban J connectivity index is 1.07. The smallest absolute Gasteiger partial charge is 0.345 e. The van der Waals surface area contributed by atoms with Crippen molar-refractivity contribution in [3.05, 3.63) is 94.6 Å². The van der Waals surface area contributed by atoms with Crippen molar-refractivity contribution in [3.63, 3.8) is 0 Å². The fourth-order valence-corrected chi connectivity index (χ4v) is 7.72. The molecule has 1 aliphatic carbocycles. The molecule has 0 bridgehead atoms. The maximum atomic E-state index is 13.4. The van der Waals surface area contributed by atoms with Crippen LogP contribution in [0.1, 0.15) is 53.1 Å². The molecule has 1 saturated carbocycles. The summed E-state index contributed by atoms with van der Waals surface area (Å²) in [6.07, 6.45) is 1.89. The first kappa shape index (κ1) is 33.0. The molecule has 1 aromatic heterocycles. The number of hydrogen-bond donors (Lipinski definition) is 2. The number of aromatic nitrogens is 1. The van der Waals surface area contributed by atoms with Crippen molar-refractivity contribution in [3.8, 4) is 0 Å². The number of pyridine rings is 1. The molecule has 1 amide bonds. The number of anilines is 2. The van der Waals surface area contributed by atoms with Gasteiger partial charge in [-0.3, -0.25) is 14.5 Å². The largest absolute Gasteiger partial charge is 0.416 e. The molecule has 0 atom stereocenters. The second-order valence-electron chi connectivity index (χ2n) is 11.7. The average Bonchev–Trinajstić information content (AvgIpc) is 3.60. The van der Waals surface area contributed by atoms with Gasteiger partial charge in [-0.15, -0.1) is 0 Å². The number of hydrogen-bond acceptors (Lipinski definition) is 5. The molecule has 2 heterocycles. The fourth-order valence-electron chi connectivity index (χ4n) is 6.03. The summed E-state index contributed by atoms with van der Waals surface area (Å²) in [6.45, 7) is 1.35. The highest BCUT2D eigenvalue weighted by atomic mass is 35.5. The molecule has 0 spiro atoms. The van der Waals surface area contributed by atoms with Gasteiger partial charge in [0.15, 0.2) is 5.11 Å². The molecule has 14 heteroatoms. The molecule has 8 nitrogen and oxygen atoms in total. The average molecular weight is 702 g/mol. The summed E-state index contributed by atoms with van der Waals surface area (Å²) in [5.41, 5.74) is 1.42. The van der Waals surface area contributed by atoms with Crippen LogP contribution in [-0.4, -0.2) is 60.4 Å². The van der Waals surface area contributed by atoms with E-state index < -0.39 is 21.8 Å². The molecule has 6 rings (SSSR count). The first-order valence-corrected chi connectivity index (χ1v) is 17.4. The minimum absolute atomic E-state index is 0.0471. The van der Waals surface area contributed by atoms with E-state index in [9.17, 15) is 26.4 Å². The van der Waals surface area contributed by atoms with Crippen LogP contribution in [0.3, 0.4) is 0 Å². The minimum Gasteiger partial charge on any atom is -0.345 e. The molecular weight excluding hydrogens is 671 g/mol. The molecule has 2 N–H and O–H groups in total. The summed E-state index contributed by atoms with van der Waals surface area (Å²) < 4.78 is 68.8. The summed E-state index contributed by atoms with van der Waals surface area (Å²) in [5.74, 6) is 0.220. The zero-order chi connectivity index (χ0) is 33.3. The highest BCUT2D eigenvalue weighted by molar-refractivity contribution is 7.93. The van der Waals surface area contributed by atoms with Gasteiger partial charge in [0.25, 0.3) is 15.9 Å². The Kier molecular flexibility index (Phi) is 9.32. The van der Waals surface area contributed by atoms with Gasteiger partial charge in [0.05, 0.1) is 21.8 Å². The molecule has 3 aromatic carbocycles. The number of rotatable bonds is 6. The third-order valence-corrected chi connectivity index (χ3v) is 10.7. The van der Waals surface area contributed by atoms with Crippen LogP contribution in [0.2, 0.25) is 5.02 Å². The van der Waals surface area contributed by atoms with E-state index in [0.29, 0.717) is 48.9 Å². The number of fused-ring (bicyclic) bond motifs is 1. The Hall–Kier alpha value is -3.94. The summed E-state index contributed by atoms with van der Waals surface area (Å²) >= 11 is 11.5. The van der Waals surface area contributed by atoms with Gasteiger partial charge in [0.1, 0.15) is 4.90 Å². The van der Waals surface area contributed by atoms with Gasteiger partial charge in [0, 0.05) is 49.0 Å². The maximum Gasteiger partial charge on any atom is 0.416 e. The lowest BCUT2D eigenvalue weighted by atomic mass is 9.98. The third kappa shape index (κ3) is 7.31. The number of nitrogens with zero attached hydrogens (tertiary/aromatic N) is 3. The second kappa shape index (κ2) is 13.3. The van der Waals surface area contributed by atoms with Crippen molar-refractivity contribution in [2.75, 3.05) is 36.2 Å². The standard InChI is InChI=1S/C33H31ClF3N5O3S2/c34-27-13-10-25(33(35,36)37)19-28(27)39-32(46)42-16-14-41(15-17-42)31(43)22-8-11-26(12-9-22)40-47(44,45)29-7-3-6-23-18-24(20-38-30(23)29)21-4-1-2-5-21/h3,6-13,18-21,40H,1-2,4-5,14-17H2,(H,39,46). The van der Waals surface area contributed by atoms with Crippen LogP contribution in [0.4, 0.5) is 24.5 Å². The first-order chi connectivity index (χ1) is 22.4. The van der Waals surface area contributed by atoms with Gasteiger partial charge in [-0.2, -0.15) is 13.2 Å². The zero-order valence-electron chi connectivity index (χ0n) is 25.1. The number of sulfonamides is 1. The Bertz CT molecular complexity index is 1930. The van der Waals surface area contributed by atoms with Crippen molar-refractivity contribution >= 4 is 67.1 Å². The number of carbonyl (C=O) groups is 1. The highest BCUT2D eigenvalue weighted by Gasteiger charge is 2.31. The van der Waals surface area contributed by atoms with E-state index in [1.807, 2.05) is 12.1 Å². The lowest BCUT2D eigenvalue weighted by molar-refractivity contribution is -0.137. The van der Waals surface area contributed by atoms with Crippen molar-refractivity contribution < 1.29 is 26.4 Å². The predicted octanol–water partition coefficient (Wildman–Crippen LogP) is 7.52. The molecule has 47 heavy (non-hydrogen) atoms. The van der Waals surface area contributed by atoms with E-state index in [2.05, 4.69) is 15.0 Å². The molecule has 0 unspecified atom stereocenters. The van der Waals surface area contributed by atoms with Crippen molar-refractivity contribution in [2.45, 2.75) is 42.7 Å². The second-order valence-corrected chi connectivity index (χ2v) is 14.1. The van der Waals surface area contributed by atoms with Gasteiger partial charge in [-0.1, -0.05) is 36.6 Å². The molecular formula is C33H31ClF3N5O3S2. The van der Waals surface area contributed by atoms with Gasteiger partial charge < -0.3 is 15.1 Å². The number of alkyl halides is 3. The monoisotopic (exact) mass is 701 g/mol. The van der Waals surface area contributed by atoms with Crippen molar-refractivity contribution in [2.24, 2.45) is 0 Å². The van der Waals surface area contributed by atoms with Gasteiger partial charge in [0.2, 0.25) is 0 Å². The minimum atomic E-state index is -4.52. The van der Waals surface area contributed by atoms with E-state index in [1.165, 1.54) is 31.0 Å². The van der Waals surface area contributed by atoms with Crippen LogP contribution in [-0.2, 0) is 16.2 Å². The predicted molar refractivity (Wildman–Crippen MR) is 180 cm³/mol. The molecule has 1 saturated heterocycles. The lowest BCUT2D eigenvalue weighted by Crippen LogP contribution is -2.51. The van der Waals surface area contributed by atoms with Crippen LogP contribution in [0.5, 0.6) is 0 Å². The van der Waals surface area contributed by atoms with E-state index >= 15 is 0 Å². The zero-order valence-corrected chi connectivity index (χ0v) is 27.4. The van der Waals surface area contributed by atoms with Crippen LogP contribution in [0, 0.1) is 0 Å². The summed E-state index contributed by atoms with van der Waals surface area (Å²) in [7, 11) is -3.97. The van der Waals surface area contributed by atoms with Gasteiger partial charge in [-0.05, 0) is 91.1 Å². The van der Waals surface area contributed by atoms with E-state index in [0.717, 1.165) is 42.0 Å². The number of halogens is 4. The fraction of sp³-hybridized carbons (Fsp3) is 0.303. The first-order valence-electron chi connectivity index (χ1n) is 15.1. The maximum absolute atomic E-state index is 13.4. The van der Waals surface area contributed by atoms with Crippen LogP contribution >= 0.6 is 23.8 Å². The molecule has 0 radical (unpaired) electrons. The van der Waals surface area contributed by atoms with Gasteiger partial charge in [-0.25, -0.2) is 8.42 Å². The quantitative estimate of drug-likeness (QED) is 0.201. The highest BCUT2D eigenvalue weighted by Crippen LogP contribution is 2.36. The molecule has 246 valence electrons. The molecule has 4 aromatic rings. The summed E-state index contributed by atoms with van der Waals surface area (Å²) in [4.78, 5) is 21.2. The number of para-hydroxylation sites is 1. The Labute approximate surface area is 281 Å². The van der Waals surface area contributed by atoms with Crippen LogP contribution in [0.15, 0.2) is 77.8 Å². The van der Waals surface area contributed by atoms with Crippen molar-refractivity contribution in [1.82, 2.24) is 14.8 Å². The van der Waals surface area contributed by atoms with E-state index in [4.69, 9.17) is 23.8 Å². The summed E-state index contributed by atoms with van der Waals surface area (Å²) in [5, 5.41) is 3.86. The number of carbonyl (C=O) groups excluding carboxylic acids is 1. The molecule has 2 fully saturated rings. The van der Waals surface area contributed by atoms with E-state index in [-0.39, 0.29) is 26.6 Å². The Morgan fingerprint density at radius 3 is 2.30 bits per heavy atom. The lowest BCUT2D eigenvalue weighted by Gasteiger charge is -2.36. The van der Waals surface area contributed by atoms with Crippen molar-refractivity contribution in [1.29, 1.82) is 0 Å². The normalized spacial score (nSPS) is 16.0. The van der Waals surface area contributed by atoms with Crippen LogP contribution < -0.4 is 10.0 Å². The number of benzene rings is 3. The number of thiocarbonyl (C=S) groups is 1. The molecule has 2 aliphatic rings. The SMILES string of the molecule is O=C(c1ccc(NS(=O)(=O)c2cccc3cc(C4CCCC4)cnc23)cc1)N1CCN(C(=S)Nc2cc(C(F)(F)F)ccc2Cl)CC1. The number of amides is 1.